The first-order chi connectivity index (χ1) is 12.3. The smallest absolute Gasteiger partial charge is 0.356 e. The molecule has 0 radical (unpaired) electrons. The van der Waals surface area contributed by atoms with Crippen LogP contribution in [-0.2, 0) is 12.7 Å². The Kier molecular flexibility index (Phi) is 13.5. The molecule has 0 unspecified atom stereocenters. The minimum absolute atomic E-state index is 0. The molecule has 0 amide bonds. The Morgan fingerprint density at radius 1 is 0.963 bits per heavy atom. The number of halogens is 4. The highest BCUT2D eigenvalue weighted by Gasteiger charge is 2.29. The van der Waals surface area contributed by atoms with Crippen molar-refractivity contribution in [2.45, 2.75) is 44.8 Å². The third-order valence-corrected chi connectivity index (χ3v) is 4.04. The lowest BCUT2D eigenvalue weighted by Gasteiger charge is -2.13. The van der Waals surface area contributed by atoms with Gasteiger partial charge in [0.05, 0.1) is 5.56 Å². The third-order valence-electron chi connectivity index (χ3n) is 4.04. The maximum atomic E-state index is 12.5. The van der Waals surface area contributed by atoms with Gasteiger partial charge < -0.3 is 15.5 Å². The van der Waals surface area contributed by atoms with Crippen molar-refractivity contribution < 1.29 is 13.2 Å². The van der Waals surface area contributed by atoms with Crippen LogP contribution in [0.1, 0.15) is 43.2 Å². The van der Waals surface area contributed by atoms with Gasteiger partial charge in [-0.15, -0.1) is 24.0 Å². The van der Waals surface area contributed by atoms with E-state index in [2.05, 4.69) is 34.6 Å². The van der Waals surface area contributed by atoms with Crippen LogP contribution in [0.3, 0.4) is 0 Å². The lowest BCUT2D eigenvalue weighted by Crippen LogP contribution is -2.37. The minimum Gasteiger partial charge on any atom is -0.356 e. The van der Waals surface area contributed by atoms with Crippen LogP contribution in [0.15, 0.2) is 29.3 Å². The molecule has 0 aliphatic carbocycles. The van der Waals surface area contributed by atoms with Crippen molar-refractivity contribution in [3.63, 3.8) is 0 Å². The summed E-state index contributed by atoms with van der Waals surface area (Å²) in [7, 11) is 5.86. The molecular formula is C19H32F3IN4. The molecule has 0 aliphatic heterocycles. The fourth-order valence-electron chi connectivity index (χ4n) is 2.51. The zero-order valence-electron chi connectivity index (χ0n) is 16.4. The molecule has 1 rings (SSSR count). The molecule has 0 spiro atoms. The number of nitrogens with zero attached hydrogens (tertiary/aromatic N) is 2. The first kappa shape index (κ1) is 26.0. The van der Waals surface area contributed by atoms with Gasteiger partial charge in [-0.05, 0) is 51.2 Å². The van der Waals surface area contributed by atoms with Crippen molar-refractivity contribution in [1.29, 1.82) is 0 Å². The summed E-state index contributed by atoms with van der Waals surface area (Å²) in [5.74, 6) is 0.664. The van der Waals surface area contributed by atoms with E-state index in [0.29, 0.717) is 12.5 Å². The van der Waals surface area contributed by atoms with E-state index in [0.717, 1.165) is 37.2 Å². The zero-order valence-corrected chi connectivity index (χ0v) is 18.7. The maximum Gasteiger partial charge on any atom is 0.416 e. The molecule has 1 aromatic rings. The van der Waals surface area contributed by atoms with E-state index in [4.69, 9.17) is 0 Å². The minimum atomic E-state index is -4.30. The number of nitrogens with one attached hydrogen (secondary N) is 2. The Hall–Kier alpha value is -1.03. The van der Waals surface area contributed by atoms with Crippen LogP contribution in [0.2, 0.25) is 0 Å². The van der Waals surface area contributed by atoms with E-state index < -0.39 is 11.7 Å². The molecule has 8 heteroatoms. The first-order valence-electron chi connectivity index (χ1n) is 9.08. The van der Waals surface area contributed by atoms with E-state index in [1.54, 1.807) is 7.05 Å². The molecule has 0 saturated carbocycles. The van der Waals surface area contributed by atoms with Crippen LogP contribution < -0.4 is 10.6 Å². The van der Waals surface area contributed by atoms with Gasteiger partial charge in [0, 0.05) is 20.1 Å². The topological polar surface area (TPSA) is 39.7 Å². The number of guanidine groups is 1. The lowest BCUT2D eigenvalue weighted by molar-refractivity contribution is -0.137. The molecule has 0 saturated heterocycles. The van der Waals surface area contributed by atoms with E-state index in [9.17, 15) is 13.2 Å². The molecule has 1 aromatic carbocycles. The number of alkyl halides is 3. The third kappa shape index (κ3) is 12.1. The van der Waals surface area contributed by atoms with E-state index in [1.807, 2.05) is 0 Å². The van der Waals surface area contributed by atoms with Crippen LogP contribution >= 0.6 is 24.0 Å². The van der Waals surface area contributed by atoms with Crippen molar-refractivity contribution >= 4 is 29.9 Å². The second-order valence-corrected chi connectivity index (χ2v) is 6.62. The highest BCUT2D eigenvalue weighted by Crippen LogP contribution is 2.28. The monoisotopic (exact) mass is 500 g/mol. The Balaban J connectivity index is 0.00000676. The quantitative estimate of drug-likeness (QED) is 0.215. The summed E-state index contributed by atoms with van der Waals surface area (Å²) in [6.07, 6.45) is 1.66. The van der Waals surface area contributed by atoms with Crippen molar-refractivity contribution in [3.05, 3.63) is 35.4 Å². The van der Waals surface area contributed by atoms with Gasteiger partial charge in [0.2, 0.25) is 0 Å². The Morgan fingerprint density at radius 3 is 2.11 bits per heavy atom. The van der Waals surface area contributed by atoms with Gasteiger partial charge in [0.15, 0.2) is 5.96 Å². The van der Waals surface area contributed by atoms with E-state index in [1.165, 1.54) is 37.8 Å². The van der Waals surface area contributed by atoms with Crippen LogP contribution in [-0.4, -0.2) is 45.1 Å². The molecule has 27 heavy (non-hydrogen) atoms. The Morgan fingerprint density at radius 2 is 1.56 bits per heavy atom. The van der Waals surface area contributed by atoms with E-state index in [-0.39, 0.29) is 24.0 Å². The summed E-state index contributed by atoms with van der Waals surface area (Å²) in [6, 6.07) is 5.17. The molecule has 0 aromatic heterocycles. The summed E-state index contributed by atoms with van der Waals surface area (Å²) in [6.45, 7) is 2.40. The van der Waals surface area contributed by atoms with Crippen molar-refractivity contribution in [1.82, 2.24) is 15.5 Å². The largest absolute Gasteiger partial charge is 0.416 e. The molecule has 4 nitrogen and oxygen atoms in total. The number of unbranched alkanes of at least 4 members (excludes halogenated alkanes) is 4. The predicted octanol–water partition coefficient (Wildman–Crippen LogP) is 4.50. The molecule has 0 atom stereocenters. The van der Waals surface area contributed by atoms with E-state index >= 15 is 0 Å². The van der Waals surface area contributed by atoms with Crippen LogP contribution in [0, 0.1) is 0 Å². The summed E-state index contributed by atoms with van der Waals surface area (Å²) in [5, 5.41) is 6.35. The van der Waals surface area contributed by atoms with Crippen molar-refractivity contribution in [2.24, 2.45) is 4.99 Å². The van der Waals surface area contributed by atoms with Gasteiger partial charge in [0.1, 0.15) is 0 Å². The molecular weight excluding hydrogens is 468 g/mol. The number of hydrogen-bond acceptors (Lipinski definition) is 2. The fourth-order valence-corrected chi connectivity index (χ4v) is 2.51. The van der Waals surface area contributed by atoms with Gasteiger partial charge in [-0.2, -0.15) is 13.2 Å². The Bertz CT molecular complexity index is 531. The van der Waals surface area contributed by atoms with Gasteiger partial charge in [-0.1, -0.05) is 31.4 Å². The number of benzene rings is 1. The van der Waals surface area contributed by atoms with Gasteiger partial charge >= 0.3 is 6.18 Å². The zero-order chi connectivity index (χ0) is 19.4. The second-order valence-electron chi connectivity index (χ2n) is 6.62. The molecule has 2 N–H and O–H groups in total. The molecule has 0 aliphatic rings. The van der Waals surface area contributed by atoms with Crippen LogP contribution in [0.4, 0.5) is 13.2 Å². The van der Waals surface area contributed by atoms with Crippen molar-refractivity contribution in [3.8, 4) is 0 Å². The highest BCUT2D eigenvalue weighted by atomic mass is 127. The first-order valence-corrected chi connectivity index (χ1v) is 9.08. The lowest BCUT2D eigenvalue weighted by atomic mass is 10.1. The normalized spacial score (nSPS) is 12.0. The maximum absolute atomic E-state index is 12.5. The van der Waals surface area contributed by atoms with Crippen LogP contribution in [0.5, 0.6) is 0 Å². The molecule has 0 fully saturated rings. The average molecular weight is 500 g/mol. The molecule has 0 bridgehead atoms. The molecule has 156 valence electrons. The standard InChI is InChI=1S/C19H31F3N4.HI/c1-23-18(24-13-7-5-4-6-8-14-26(2)3)25-15-16-9-11-17(12-10-16)19(20,21)22;/h9-12H,4-8,13-15H2,1-3H3,(H2,23,24,25);1H. The van der Waals surface area contributed by atoms with Crippen LogP contribution in [0.25, 0.3) is 0 Å². The average Bonchev–Trinajstić information content (AvgIpc) is 2.59. The number of hydrogen-bond donors (Lipinski definition) is 2. The molecule has 0 heterocycles. The van der Waals surface area contributed by atoms with Crippen molar-refractivity contribution in [2.75, 3.05) is 34.2 Å². The summed E-state index contributed by atoms with van der Waals surface area (Å²) in [4.78, 5) is 6.34. The number of rotatable bonds is 10. The van der Waals surface area contributed by atoms with Gasteiger partial charge in [-0.3, -0.25) is 4.99 Å². The summed E-state index contributed by atoms with van der Waals surface area (Å²) >= 11 is 0. The summed E-state index contributed by atoms with van der Waals surface area (Å²) in [5.41, 5.74) is 0.149. The Labute approximate surface area is 178 Å². The second kappa shape index (κ2) is 14.0. The highest BCUT2D eigenvalue weighted by molar-refractivity contribution is 14.0. The van der Waals surface area contributed by atoms with Gasteiger partial charge in [-0.25, -0.2) is 0 Å². The number of aliphatic imine (C=N–C) groups is 1. The summed E-state index contributed by atoms with van der Waals surface area (Å²) < 4.78 is 37.6. The van der Waals surface area contributed by atoms with Gasteiger partial charge in [0.25, 0.3) is 0 Å². The predicted molar refractivity (Wildman–Crippen MR) is 117 cm³/mol. The SMILES string of the molecule is CN=C(NCCCCCCCN(C)C)NCc1ccc(C(F)(F)F)cc1.I. The fraction of sp³-hybridized carbons (Fsp3) is 0.632.